The number of benzene rings is 1. The van der Waals surface area contributed by atoms with Gasteiger partial charge < -0.3 is 19.9 Å². The van der Waals surface area contributed by atoms with Crippen LogP contribution in [0.3, 0.4) is 0 Å². The Morgan fingerprint density at radius 2 is 2.00 bits per heavy atom. The number of hydrogen-bond donors (Lipinski definition) is 2. The molecule has 1 amide bonds. The van der Waals surface area contributed by atoms with Crippen molar-refractivity contribution < 1.29 is 24.2 Å². The predicted molar refractivity (Wildman–Crippen MR) is 88.7 cm³/mol. The average molecular weight is 336 g/mol. The van der Waals surface area contributed by atoms with Crippen molar-refractivity contribution in [3.63, 3.8) is 0 Å². The minimum Gasteiger partial charge on any atom is -0.497 e. The van der Waals surface area contributed by atoms with Gasteiger partial charge in [-0.25, -0.2) is 0 Å². The first-order valence-electron chi connectivity index (χ1n) is 7.97. The zero-order valence-corrected chi connectivity index (χ0v) is 14.2. The van der Waals surface area contributed by atoms with E-state index < -0.39 is 5.97 Å². The fourth-order valence-corrected chi connectivity index (χ4v) is 2.93. The van der Waals surface area contributed by atoms with Crippen LogP contribution in [0.5, 0.6) is 11.5 Å². The number of nitrogens with one attached hydrogen (secondary N) is 1. The SMILES string of the molecule is CCN(CC(=O)O)C1CC(NC(=O)c2cc(OC)ccc2OC)C1. The van der Waals surface area contributed by atoms with Crippen LogP contribution < -0.4 is 14.8 Å². The molecule has 1 aliphatic carbocycles. The minimum atomic E-state index is -0.828. The van der Waals surface area contributed by atoms with Crippen molar-refractivity contribution in [3.8, 4) is 11.5 Å². The Bertz CT molecular complexity index is 599. The van der Waals surface area contributed by atoms with Crippen molar-refractivity contribution in [2.45, 2.75) is 31.8 Å². The van der Waals surface area contributed by atoms with Crippen LogP contribution in [0.2, 0.25) is 0 Å². The van der Waals surface area contributed by atoms with E-state index in [0.29, 0.717) is 23.6 Å². The van der Waals surface area contributed by atoms with E-state index in [1.165, 1.54) is 7.11 Å². The number of aliphatic carboxylic acids is 1. The summed E-state index contributed by atoms with van der Waals surface area (Å²) < 4.78 is 10.4. The van der Waals surface area contributed by atoms with Crippen molar-refractivity contribution >= 4 is 11.9 Å². The first-order chi connectivity index (χ1) is 11.5. The Morgan fingerprint density at radius 3 is 2.54 bits per heavy atom. The van der Waals surface area contributed by atoms with Gasteiger partial charge in [-0.3, -0.25) is 14.5 Å². The molecule has 1 aromatic carbocycles. The van der Waals surface area contributed by atoms with Crippen LogP contribution in [0.15, 0.2) is 18.2 Å². The molecule has 0 unspecified atom stereocenters. The summed E-state index contributed by atoms with van der Waals surface area (Å²) in [5, 5.41) is 11.9. The molecule has 132 valence electrons. The molecule has 7 nitrogen and oxygen atoms in total. The number of methoxy groups -OCH3 is 2. The Hall–Kier alpha value is -2.28. The number of ether oxygens (including phenoxy) is 2. The lowest BCUT2D eigenvalue weighted by molar-refractivity contribution is -0.139. The van der Waals surface area contributed by atoms with Gasteiger partial charge in [0.15, 0.2) is 0 Å². The third kappa shape index (κ3) is 4.17. The zero-order valence-electron chi connectivity index (χ0n) is 14.2. The maximum absolute atomic E-state index is 12.5. The van der Waals surface area contributed by atoms with Crippen LogP contribution in [0.1, 0.15) is 30.1 Å². The molecule has 0 spiro atoms. The Morgan fingerprint density at radius 1 is 1.29 bits per heavy atom. The van der Waals surface area contributed by atoms with Crippen LogP contribution >= 0.6 is 0 Å². The summed E-state index contributed by atoms with van der Waals surface area (Å²) in [5.74, 6) is 0.0391. The van der Waals surface area contributed by atoms with Gasteiger partial charge in [0.2, 0.25) is 0 Å². The molecule has 0 aromatic heterocycles. The van der Waals surface area contributed by atoms with Crippen molar-refractivity contribution in [2.24, 2.45) is 0 Å². The molecule has 0 atom stereocenters. The number of likely N-dealkylation sites (N-methyl/N-ethyl adjacent to an activating group) is 1. The van der Waals surface area contributed by atoms with Crippen LogP contribution in [-0.4, -0.2) is 61.3 Å². The van der Waals surface area contributed by atoms with Gasteiger partial charge in [0, 0.05) is 12.1 Å². The maximum Gasteiger partial charge on any atom is 0.317 e. The molecule has 1 saturated carbocycles. The van der Waals surface area contributed by atoms with Crippen molar-refractivity contribution in [3.05, 3.63) is 23.8 Å². The molecule has 0 aliphatic heterocycles. The number of amides is 1. The fourth-order valence-electron chi connectivity index (χ4n) is 2.93. The van der Waals surface area contributed by atoms with Crippen molar-refractivity contribution in [2.75, 3.05) is 27.3 Å². The second-order valence-corrected chi connectivity index (χ2v) is 5.82. The molecule has 2 rings (SSSR count). The van der Waals surface area contributed by atoms with E-state index in [-0.39, 0.29) is 24.5 Å². The Kier molecular flexibility index (Phi) is 6.03. The second kappa shape index (κ2) is 8.01. The summed E-state index contributed by atoms with van der Waals surface area (Å²) in [6, 6.07) is 5.32. The first kappa shape index (κ1) is 18.1. The zero-order chi connectivity index (χ0) is 17.7. The van der Waals surface area contributed by atoms with Crippen LogP contribution in [0, 0.1) is 0 Å². The number of carboxylic acid groups (broad SMARTS) is 1. The number of carboxylic acids is 1. The number of nitrogens with zero attached hydrogens (tertiary/aromatic N) is 1. The predicted octanol–water partition coefficient (Wildman–Crippen LogP) is 1.37. The van der Waals surface area contributed by atoms with E-state index in [0.717, 1.165) is 12.8 Å². The van der Waals surface area contributed by atoms with E-state index in [9.17, 15) is 9.59 Å². The van der Waals surface area contributed by atoms with Crippen molar-refractivity contribution in [1.29, 1.82) is 0 Å². The summed E-state index contributed by atoms with van der Waals surface area (Å²) in [7, 11) is 3.06. The van der Waals surface area contributed by atoms with Crippen LogP contribution in [0.4, 0.5) is 0 Å². The van der Waals surface area contributed by atoms with Gasteiger partial charge >= 0.3 is 5.97 Å². The lowest BCUT2D eigenvalue weighted by atomic mass is 9.85. The van der Waals surface area contributed by atoms with Crippen LogP contribution in [0.25, 0.3) is 0 Å². The quantitative estimate of drug-likeness (QED) is 0.745. The molecule has 1 aromatic rings. The standard InChI is InChI=1S/C17H24N2O5/c1-4-19(10-16(20)21)12-7-11(8-12)18-17(22)14-9-13(23-2)5-6-15(14)24-3/h5-6,9,11-12H,4,7-8,10H2,1-3H3,(H,18,22)(H,20,21). The average Bonchev–Trinajstić information content (AvgIpc) is 2.54. The van der Waals surface area contributed by atoms with E-state index in [4.69, 9.17) is 14.6 Å². The molecule has 0 bridgehead atoms. The molecule has 0 saturated heterocycles. The highest BCUT2D eigenvalue weighted by Crippen LogP contribution is 2.28. The number of carbonyl (C=O) groups is 2. The van der Waals surface area contributed by atoms with E-state index in [2.05, 4.69) is 5.32 Å². The number of hydrogen-bond acceptors (Lipinski definition) is 5. The summed E-state index contributed by atoms with van der Waals surface area (Å²) in [6.45, 7) is 2.66. The molecule has 0 heterocycles. The van der Waals surface area contributed by atoms with Crippen LogP contribution in [-0.2, 0) is 4.79 Å². The monoisotopic (exact) mass is 336 g/mol. The molecule has 1 aliphatic rings. The Balaban J connectivity index is 1.94. The highest BCUT2D eigenvalue weighted by Gasteiger charge is 2.35. The van der Waals surface area contributed by atoms with Gasteiger partial charge in [-0.05, 0) is 37.6 Å². The number of carbonyl (C=O) groups excluding carboxylic acids is 1. The first-order valence-corrected chi connectivity index (χ1v) is 7.97. The molecule has 0 radical (unpaired) electrons. The van der Waals surface area contributed by atoms with E-state index >= 15 is 0 Å². The lowest BCUT2D eigenvalue weighted by Crippen LogP contribution is -2.54. The Labute approximate surface area is 141 Å². The normalized spacial score (nSPS) is 19.5. The van der Waals surface area contributed by atoms with Gasteiger partial charge in [-0.1, -0.05) is 6.92 Å². The number of rotatable bonds is 8. The smallest absolute Gasteiger partial charge is 0.317 e. The fraction of sp³-hybridized carbons (Fsp3) is 0.529. The summed E-state index contributed by atoms with van der Waals surface area (Å²) in [5.41, 5.74) is 0.429. The van der Waals surface area contributed by atoms with E-state index in [1.54, 1.807) is 25.3 Å². The molecular formula is C17H24N2O5. The van der Waals surface area contributed by atoms with E-state index in [1.807, 2.05) is 11.8 Å². The van der Waals surface area contributed by atoms with Gasteiger partial charge in [-0.15, -0.1) is 0 Å². The molecule has 1 fully saturated rings. The largest absolute Gasteiger partial charge is 0.497 e. The van der Waals surface area contributed by atoms with Crippen molar-refractivity contribution in [1.82, 2.24) is 10.2 Å². The lowest BCUT2D eigenvalue weighted by Gasteiger charge is -2.42. The maximum atomic E-state index is 12.5. The summed E-state index contributed by atoms with van der Waals surface area (Å²) >= 11 is 0. The molecular weight excluding hydrogens is 312 g/mol. The van der Waals surface area contributed by atoms with Gasteiger partial charge in [0.05, 0.1) is 26.3 Å². The summed E-state index contributed by atoms with van der Waals surface area (Å²) in [6.07, 6.45) is 1.50. The molecule has 24 heavy (non-hydrogen) atoms. The molecule has 7 heteroatoms. The van der Waals surface area contributed by atoms with Gasteiger partial charge in [0.25, 0.3) is 5.91 Å². The third-order valence-electron chi connectivity index (χ3n) is 4.36. The van der Waals surface area contributed by atoms with Gasteiger partial charge in [0.1, 0.15) is 11.5 Å². The second-order valence-electron chi connectivity index (χ2n) is 5.82. The summed E-state index contributed by atoms with van der Waals surface area (Å²) in [4.78, 5) is 25.2. The highest BCUT2D eigenvalue weighted by molar-refractivity contribution is 5.97. The molecule has 2 N–H and O–H groups in total. The topological polar surface area (TPSA) is 88.1 Å². The highest BCUT2D eigenvalue weighted by atomic mass is 16.5. The van der Waals surface area contributed by atoms with Gasteiger partial charge in [-0.2, -0.15) is 0 Å². The third-order valence-corrected chi connectivity index (χ3v) is 4.36. The minimum absolute atomic E-state index is 0.0333.